The Morgan fingerprint density at radius 1 is 0.816 bits per heavy atom. The summed E-state index contributed by atoms with van der Waals surface area (Å²) in [4.78, 5) is 31.5. The lowest BCUT2D eigenvalue weighted by molar-refractivity contribution is -0.0600. The molecule has 49 heavy (non-hydrogen) atoms. The maximum atomic E-state index is 12.5. The van der Waals surface area contributed by atoms with E-state index in [4.69, 9.17) is 33.3 Å². The number of aryl methyl sites for hydroxylation is 1. The maximum Gasteiger partial charge on any atom is 0.351 e. The van der Waals surface area contributed by atoms with Gasteiger partial charge in [-0.2, -0.15) is 9.97 Å². The van der Waals surface area contributed by atoms with Crippen LogP contribution in [0.1, 0.15) is 73.5 Å². The van der Waals surface area contributed by atoms with E-state index in [9.17, 15) is 24.9 Å². The van der Waals surface area contributed by atoms with E-state index in [-0.39, 0.29) is 34.6 Å². The van der Waals surface area contributed by atoms with Crippen LogP contribution in [0.4, 0.5) is 5.82 Å². The first-order valence-corrected chi connectivity index (χ1v) is 20.7. The average Bonchev–Trinajstić information content (AvgIpc) is 3.46. The Bertz CT molecular complexity index is 1520. The van der Waals surface area contributed by atoms with Gasteiger partial charge in [0, 0.05) is 18.1 Å². The molecular formula is C31H53N5O11Si2. The lowest BCUT2D eigenvalue weighted by atomic mass is 10.1. The standard InChI is InChI=1S/C22H40N2O6Si2.C9H13N3O5/c1-13(2)31(14(3)4)27-12-18-20(29-32(30-31,15(5)6)16(7)8)19(25)21(28-18)24-11-10-17(9)23-22(24)26;10-5-1-2-12(9(16)11-5)8-7(15)6(14)4(3-13)17-8/h10-11,13-16,18-21,25H,12H2,1-9H3;1-2,4,6-8,13-15H,3H2,(H2,10,11,16)/t18-,19-,20-,21-;4-,6-,7-,8-/m11/s1. The fourth-order valence-electron chi connectivity index (χ4n) is 6.79. The van der Waals surface area contributed by atoms with Crippen LogP contribution in [0, 0.1) is 6.92 Å². The van der Waals surface area contributed by atoms with Gasteiger partial charge in [-0.25, -0.2) is 9.59 Å². The second-order valence-electron chi connectivity index (χ2n) is 14.1. The van der Waals surface area contributed by atoms with Crippen molar-refractivity contribution in [2.75, 3.05) is 18.9 Å². The Kier molecular flexibility index (Phi) is 12.5. The molecule has 0 radical (unpaired) electrons. The minimum atomic E-state index is -2.87. The molecule has 3 aliphatic rings. The van der Waals surface area contributed by atoms with Gasteiger partial charge in [-0.15, -0.1) is 0 Å². The van der Waals surface area contributed by atoms with Gasteiger partial charge in [0.2, 0.25) is 0 Å². The fourth-order valence-corrected chi connectivity index (χ4v) is 18.0. The van der Waals surface area contributed by atoms with Crippen LogP contribution in [0.2, 0.25) is 22.2 Å². The molecule has 3 aliphatic heterocycles. The molecule has 8 atom stereocenters. The van der Waals surface area contributed by atoms with E-state index >= 15 is 0 Å². The fraction of sp³-hybridized carbons (Fsp3) is 0.742. The predicted octanol–water partition coefficient (Wildman–Crippen LogP) is 1.20. The van der Waals surface area contributed by atoms with Crippen LogP contribution in [-0.4, -0.2) is 106 Å². The summed E-state index contributed by atoms with van der Waals surface area (Å²) in [6.07, 6.45) is -4.71. The minimum absolute atomic E-state index is 0.0537. The van der Waals surface area contributed by atoms with E-state index in [1.807, 2.05) is 0 Å². The van der Waals surface area contributed by atoms with Gasteiger partial charge in [-0.1, -0.05) is 55.4 Å². The molecule has 276 valence electrons. The molecule has 6 N–H and O–H groups in total. The number of anilines is 1. The van der Waals surface area contributed by atoms with Gasteiger partial charge in [0.25, 0.3) is 0 Å². The van der Waals surface area contributed by atoms with Gasteiger partial charge in [0.1, 0.15) is 42.4 Å². The normalized spacial score (nSPS) is 31.0. The van der Waals surface area contributed by atoms with Gasteiger partial charge >= 0.3 is 28.5 Å². The molecule has 0 bridgehead atoms. The smallest absolute Gasteiger partial charge is 0.351 e. The molecular weight excluding hydrogens is 675 g/mol. The largest absolute Gasteiger partial charge is 0.414 e. The average molecular weight is 728 g/mol. The van der Waals surface area contributed by atoms with Crippen LogP contribution >= 0.6 is 0 Å². The number of hydrogen-bond acceptors (Lipinski definition) is 14. The number of rotatable bonds is 7. The van der Waals surface area contributed by atoms with Crippen LogP contribution in [0.3, 0.4) is 0 Å². The van der Waals surface area contributed by atoms with Crippen molar-refractivity contribution in [1.29, 1.82) is 0 Å². The van der Waals surface area contributed by atoms with Gasteiger partial charge in [-0.05, 0) is 41.2 Å². The van der Waals surface area contributed by atoms with Crippen LogP contribution in [0.25, 0.3) is 0 Å². The van der Waals surface area contributed by atoms with Crippen molar-refractivity contribution in [2.45, 2.75) is 134 Å². The summed E-state index contributed by atoms with van der Waals surface area (Å²) < 4.78 is 34.5. The summed E-state index contributed by atoms with van der Waals surface area (Å²) in [5.41, 5.74) is 5.52. The monoisotopic (exact) mass is 727 g/mol. The molecule has 0 amide bonds. The highest BCUT2D eigenvalue weighted by Crippen LogP contribution is 2.48. The van der Waals surface area contributed by atoms with Crippen molar-refractivity contribution in [1.82, 2.24) is 19.1 Å². The molecule has 3 saturated heterocycles. The molecule has 5 heterocycles. The molecule has 0 aliphatic carbocycles. The number of ether oxygens (including phenoxy) is 2. The molecule has 3 fully saturated rings. The lowest BCUT2D eigenvalue weighted by Crippen LogP contribution is -2.65. The second kappa shape index (κ2) is 15.5. The number of hydrogen-bond donors (Lipinski definition) is 5. The van der Waals surface area contributed by atoms with Crippen molar-refractivity contribution in [3.05, 3.63) is 51.2 Å². The summed E-state index contributed by atoms with van der Waals surface area (Å²) in [5.74, 6) is 0.0537. The third-order valence-corrected chi connectivity index (χ3v) is 19.8. The molecule has 2 aromatic heterocycles. The number of fused-ring (bicyclic) bond motifs is 1. The summed E-state index contributed by atoms with van der Waals surface area (Å²) in [5, 5.41) is 39.4. The number of aromatic nitrogens is 4. The van der Waals surface area contributed by atoms with Gasteiger partial charge < -0.3 is 48.6 Å². The zero-order chi connectivity index (χ0) is 36.6. The van der Waals surface area contributed by atoms with Crippen molar-refractivity contribution >= 4 is 22.9 Å². The summed E-state index contributed by atoms with van der Waals surface area (Å²) in [6.45, 7) is 18.8. The Balaban J connectivity index is 0.000000266. The number of nitrogens with two attached hydrogens (primary N) is 1. The van der Waals surface area contributed by atoms with E-state index in [0.29, 0.717) is 5.69 Å². The van der Waals surface area contributed by atoms with Crippen molar-refractivity contribution in [3.63, 3.8) is 0 Å². The molecule has 5 rings (SSSR count). The third-order valence-electron chi connectivity index (χ3n) is 9.53. The van der Waals surface area contributed by atoms with E-state index < -0.39 is 84.2 Å². The summed E-state index contributed by atoms with van der Waals surface area (Å²) >= 11 is 0. The zero-order valence-electron chi connectivity index (χ0n) is 29.7. The molecule has 16 nitrogen and oxygen atoms in total. The number of aliphatic hydroxyl groups excluding tert-OH is 4. The van der Waals surface area contributed by atoms with E-state index in [1.165, 1.54) is 16.8 Å². The highest BCUT2D eigenvalue weighted by molar-refractivity contribution is 6.84. The summed E-state index contributed by atoms with van der Waals surface area (Å²) in [7, 11) is -5.56. The van der Waals surface area contributed by atoms with Crippen molar-refractivity contribution in [3.8, 4) is 0 Å². The highest BCUT2D eigenvalue weighted by atomic mass is 28.5. The maximum absolute atomic E-state index is 12.5. The molecule has 18 heteroatoms. The van der Waals surface area contributed by atoms with Gasteiger partial charge in [0.15, 0.2) is 12.5 Å². The number of nitrogen functional groups attached to an aromatic ring is 1. The number of aliphatic hydroxyl groups is 4. The molecule has 0 aromatic carbocycles. The summed E-state index contributed by atoms with van der Waals surface area (Å²) in [6, 6.07) is 3.10. The number of nitrogens with zero attached hydrogens (tertiary/aromatic N) is 4. The molecule has 0 spiro atoms. The quantitative estimate of drug-likeness (QED) is 0.253. The zero-order valence-corrected chi connectivity index (χ0v) is 31.7. The first kappa shape index (κ1) is 39.4. The van der Waals surface area contributed by atoms with Crippen molar-refractivity contribution in [2.24, 2.45) is 0 Å². The highest BCUT2D eigenvalue weighted by Gasteiger charge is 2.61. The van der Waals surface area contributed by atoms with Gasteiger partial charge in [0.05, 0.1) is 13.2 Å². The van der Waals surface area contributed by atoms with E-state index in [1.54, 1.807) is 19.2 Å². The Hall–Kier alpha value is -2.37. The molecule has 0 saturated carbocycles. The first-order chi connectivity index (χ1) is 22.9. The lowest BCUT2D eigenvalue weighted by Gasteiger charge is -2.51. The van der Waals surface area contributed by atoms with E-state index in [2.05, 4.69) is 65.4 Å². The van der Waals surface area contributed by atoms with Crippen LogP contribution < -0.4 is 17.1 Å². The Morgan fingerprint density at radius 3 is 1.84 bits per heavy atom. The van der Waals surface area contributed by atoms with Gasteiger partial charge in [-0.3, -0.25) is 9.13 Å². The van der Waals surface area contributed by atoms with Crippen LogP contribution in [-0.2, 0) is 22.4 Å². The third kappa shape index (κ3) is 7.64. The van der Waals surface area contributed by atoms with Crippen LogP contribution in [0.15, 0.2) is 34.1 Å². The minimum Gasteiger partial charge on any atom is -0.414 e. The molecule has 0 unspecified atom stereocenters. The topological polar surface area (TPSA) is 223 Å². The second-order valence-corrected chi connectivity index (χ2v) is 23.0. The Morgan fingerprint density at radius 2 is 1.35 bits per heavy atom. The Labute approximate surface area is 288 Å². The van der Waals surface area contributed by atoms with E-state index in [0.717, 1.165) is 4.57 Å². The van der Waals surface area contributed by atoms with Crippen molar-refractivity contribution < 1.29 is 42.9 Å². The molecule has 2 aromatic rings. The van der Waals surface area contributed by atoms with Crippen LogP contribution in [0.5, 0.6) is 0 Å². The first-order valence-electron chi connectivity index (χ1n) is 16.8. The SMILES string of the molecule is Cc1ccn([C@@H]2O[C@@H]3CO[Si](C(C)C)(C(C)C)O[Si](C(C)C)(C(C)C)O[C@H]3[C@H]2O)c(=O)n1.Nc1ccn([C@@H]2O[C@H](CO)[C@@H](O)[C@H]2O)c(=O)n1. The predicted molar refractivity (Wildman–Crippen MR) is 183 cm³/mol.